The Morgan fingerprint density at radius 3 is 2.61 bits per heavy atom. The van der Waals surface area contributed by atoms with Crippen molar-refractivity contribution in [3.8, 4) is 0 Å². The number of carbonyl (C=O) groups is 1. The maximum Gasteiger partial charge on any atom is 0.165 e. The maximum absolute atomic E-state index is 12.2. The zero-order valence-electron chi connectivity index (χ0n) is 12.2. The lowest BCUT2D eigenvalue weighted by Crippen LogP contribution is -2.29. The first-order chi connectivity index (χ1) is 8.30. The van der Waals surface area contributed by atoms with E-state index in [-0.39, 0.29) is 5.41 Å². The topological polar surface area (TPSA) is 25.2 Å². The van der Waals surface area contributed by atoms with Crippen LogP contribution in [0.15, 0.2) is 6.07 Å². The Kier molecular flexibility index (Phi) is 3.37. The van der Waals surface area contributed by atoms with Gasteiger partial charge >= 0.3 is 0 Å². The van der Waals surface area contributed by atoms with Crippen molar-refractivity contribution < 1.29 is 4.79 Å². The number of fused-ring (bicyclic) bond motifs is 1. The van der Waals surface area contributed by atoms with Crippen molar-refractivity contribution in [2.45, 2.75) is 40.2 Å². The fraction of sp³-hybridized carbons (Fsp3) is 0.667. The quantitative estimate of drug-likeness (QED) is 0.821. The van der Waals surface area contributed by atoms with Gasteiger partial charge in [-0.15, -0.1) is 0 Å². The molecule has 18 heavy (non-hydrogen) atoms. The summed E-state index contributed by atoms with van der Waals surface area (Å²) in [6.45, 7) is 8.46. The second-order valence-corrected chi connectivity index (χ2v) is 6.54. The third-order valence-corrected chi connectivity index (χ3v) is 3.77. The molecule has 0 radical (unpaired) electrons. The highest BCUT2D eigenvalue weighted by molar-refractivity contribution is 5.99. The molecule has 0 unspecified atom stereocenters. The molecule has 0 fully saturated rings. The molecule has 1 aromatic rings. The number of carbonyl (C=O) groups excluding carboxylic acids is 1. The average molecular weight is 248 g/mol. The van der Waals surface area contributed by atoms with Crippen molar-refractivity contribution in [1.29, 1.82) is 0 Å². The first-order valence-corrected chi connectivity index (χ1v) is 6.67. The molecule has 0 amide bonds. The monoisotopic (exact) mass is 248 g/mol. The summed E-state index contributed by atoms with van der Waals surface area (Å²) in [5, 5.41) is 0. The van der Waals surface area contributed by atoms with E-state index in [1.54, 1.807) is 0 Å². The molecule has 1 aliphatic carbocycles. The Bertz CT molecular complexity index is 469. The summed E-state index contributed by atoms with van der Waals surface area (Å²) >= 11 is 0. The third-order valence-electron chi connectivity index (χ3n) is 3.77. The van der Waals surface area contributed by atoms with Gasteiger partial charge < -0.3 is 9.47 Å². The Morgan fingerprint density at radius 1 is 1.33 bits per heavy atom. The lowest BCUT2D eigenvalue weighted by Gasteiger charge is -2.30. The van der Waals surface area contributed by atoms with E-state index >= 15 is 0 Å². The summed E-state index contributed by atoms with van der Waals surface area (Å²) in [5.74, 6) is 0.313. The summed E-state index contributed by atoms with van der Waals surface area (Å²) in [4.78, 5) is 14.4. The van der Waals surface area contributed by atoms with Crippen LogP contribution in [-0.4, -0.2) is 35.9 Å². The van der Waals surface area contributed by atoms with E-state index in [9.17, 15) is 4.79 Å². The van der Waals surface area contributed by atoms with Crippen molar-refractivity contribution in [3.05, 3.63) is 23.0 Å². The van der Waals surface area contributed by atoms with Crippen LogP contribution < -0.4 is 0 Å². The number of aryl methyl sites for hydroxylation is 1. The van der Waals surface area contributed by atoms with Gasteiger partial charge in [-0.2, -0.15) is 0 Å². The second-order valence-electron chi connectivity index (χ2n) is 6.54. The van der Waals surface area contributed by atoms with Crippen molar-refractivity contribution >= 4 is 5.78 Å². The van der Waals surface area contributed by atoms with E-state index in [1.165, 1.54) is 11.4 Å². The molecule has 1 aromatic heterocycles. The van der Waals surface area contributed by atoms with Crippen LogP contribution in [0.5, 0.6) is 0 Å². The summed E-state index contributed by atoms with van der Waals surface area (Å²) in [6, 6.07) is 2.07. The summed E-state index contributed by atoms with van der Waals surface area (Å²) < 4.78 is 2.33. The summed E-state index contributed by atoms with van der Waals surface area (Å²) in [5.41, 5.74) is 3.53. The van der Waals surface area contributed by atoms with E-state index in [1.807, 2.05) is 0 Å². The Labute approximate surface area is 110 Å². The van der Waals surface area contributed by atoms with Crippen molar-refractivity contribution in [2.75, 3.05) is 20.6 Å². The highest BCUT2D eigenvalue weighted by Gasteiger charge is 2.33. The molecular formula is C15H24N2O. The largest absolute Gasteiger partial charge is 0.347 e. The van der Waals surface area contributed by atoms with Gasteiger partial charge in [0.2, 0.25) is 0 Å². The predicted molar refractivity (Wildman–Crippen MR) is 74.2 cm³/mol. The molecule has 0 saturated carbocycles. The van der Waals surface area contributed by atoms with Gasteiger partial charge in [-0.05, 0) is 38.9 Å². The zero-order chi connectivity index (χ0) is 13.5. The highest BCUT2D eigenvalue weighted by Crippen LogP contribution is 2.36. The van der Waals surface area contributed by atoms with Crippen LogP contribution in [0.3, 0.4) is 0 Å². The first-order valence-electron chi connectivity index (χ1n) is 6.67. The molecule has 0 N–H and O–H groups in total. The molecule has 0 bridgehead atoms. The molecule has 0 saturated heterocycles. The van der Waals surface area contributed by atoms with E-state index in [0.717, 1.165) is 25.1 Å². The molecule has 1 heterocycles. The van der Waals surface area contributed by atoms with Crippen molar-refractivity contribution in [2.24, 2.45) is 5.41 Å². The van der Waals surface area contributed by atoms with E-state index in [2.05, 4.69) is 50.4 Å². The smallest absolute Gasteiger partial charge is 0.165 e. The zero-order valence-corrected chi connectivity index (χ0v) is 12.2. The van der Waals surface area contributed by atoms with Gasteiger partial charge in [-0.25, -0.2) is 0 Å². The Hall–Kier alpha value is -1.09. The normalized spacial score (nSPS) is 18.2. The molecule has 3 heteroatoms. The number of likely N-dealkylation sites (N-methyl/N-ethyl adjacent to an activating group) is 1. The van der Waals surface area contributed by atoms with Gasteiger partial charge in [0.25, 0.3) is 0 Å². The Morgan fingerprint density at radius 2 is 2.00 bits per heavy atom. The minimum atomic E-state index is 0.102. The van der Waals surface area contributed by atoms with Gasteiger partial charge in [0, 0.05) is 36.5 Å². The predicted octanol–water partition coefficient (Wildman–Crippen LogP) is 2.51. The second kappa shape index (κ2) is 4.54. The maximum atomic E-state index is 12.2. The van der Waals surface area contributed by atoms with Gasteiger partial charge in [0.05, 0.1) is 0 Å². The molecule has 0 aromatic carbocycles. The van der Waals surface area contributed by atoms with Crippen molar-refractivity contribution in [3.63, 3.8) is 0 Å². The van der Waals surface area contributed by atoms with E-state index in [0.29, 0.717) is 12.2 Å². The number of rotatable bonds is 3. The fourth-order valence-corrected chi connectivity index (χ4v) is 2.82. The summed E-state index contributed by atoms with van der Waals surface area (Å²) in [7, 11) is 4.17. The molecule has 1 aliphatic rings. The lowest BCUT2D eigenvalue weighted by molar-refractivity contribution is 0.0910. The number of hydrogen-bond acceptors (Lipinski definition) is 2. The van der Waals surface area contributed by atoms with Crippen LogP contribution in [0.2, 0.25) is 0 Å². The number of aromatic nitrogens is 1. The highest BCUT2D eigenvalue weighted by atomic mass is 16.1. The molecule has 3 nitrogen and oxygen atoms in total. The number of hydrogen-bond donors (Lipinski definition) is 0. The number of nitrogens with zero attached hydrogens (tertiary/aromatic N) is 2. The van der Waals surface area contributed by atoms with Gasteiger partial charge in [0.15, 0.2) is 5.78 Å². The van der Waals surface area contributed by atoms with Gasteiger partial charge in [-0.3, -0.25) is 4.79 Å². The standard InChI is InChI=1S/C15H24N2O/c1-11-8-12-13(17(11)7-6-16(4)5)9-15(2,3)10-14(12)18/h8H,6-7,9-10H2,1-5H3. The van der Waals surface area contributed by atoms with Crippen LogP contribution in [0.4, 0.5) is 0 Å². The van der Waals surface area contributed by atoms with Gasteiger partial charge in [-0.1, -0.05) is 13.8 Å². The van der Waals surface area contributed by atoms with E-state index < -0.39 is 0 Å². The minimum absolute atomic E-state index is 0.102. The van der Waals surface area contributed by atoms with Crippen LogP contribution >= 0.6 is 0 Å². The van der Waals surface area contributed by atoms with Crippen LogP contribution in [-0.2, 0) is 13.0 Å². The SMILES string of the molecule is Cc1cc2c(n1CCN(C)C)CC(C)(C)CC2=O. The van der Waals surface area contributed by atoms with Crippen molar-refractivity contribution in [1.82, 2.24) is 9.47 Å². The van der Waals surface area contributed by atoms with E-state index in [4.69, 9.17) is 0 Å². The molecule has 2 rings (SSSR count). The first kappa shape index (κ1) is 13.3. The molecule has 0 spiro atoms. The summed E-state index contributed by atoms with van der Waals surface area (Å²) in [6.07, 6.45) is 1.69. The lowest BCUT2D eigenvalue weighted by atomic mass is 9.76. The molecular weight excluding hydrogens is 224 g/mol. The Balaban J connectivity index is 2.35. The minimum Gasteiger partial charge on any atom is -0.347 e. The van der Waals surface area contributed by atoms with Crippen LogP contribution in [0.25, 0.3) is 0 Å². The molecule has 100 valence electrons. The fourth-order valence-electron chi connectivity index (χ4n) is 2.82. The number of Topliss-reactive ketones (excluding diaryl/α,β-unsaturated/α-hetero) is 1. The van der Waals surface area contributed by atoms with Crippen LogP contribution in [0.1, 0.15) is 42.0 Å². The molecule has 0 aliphatic heterocycles. The molecule has 0 atom stereocenters. The number of ketones is 1. The third kappa shape index (κ3) is 2.51. The van der Waals surface area contributed by atoms with Gasteiger partial charge in [0.1, 0.15) is 0 Å². The average Bonchev–Trinajstić information content (AvgIpc) is 2.50. The van der Waals surface area contributed by atoms with Crippen LogP contribution in [0, 0.1) is 12.3 Å².